The van der Waals surface area contributed by atoms with Crippen LogP contribution in [0.5, 0.6) is 5.75 Å². The van der Waals surface area contributed by atoms with E-state index in [1.807, 2.05) is 92.7 Å². The molecule has 6 rings (SSSR count). The van der Waals surface area contributed by atoms with Crippen LogP contribution in [-0.4, -0.2) is 76.6 Å². The molecule has 4 heterocycles. The van der Waals surface area contributed by atoms with Crippen LogP contribution in [0.2, 0.25) is 0 Å². The van der Waals surface area contributed by atoms with Gasteiger partial charge in [-0.25, -0.2) is 0 Å². The number of aliphatic hydroxyl groups is 1. The van der Waals surface area contributed by atoms with Gasteiger partial charge in [-0.15, -0.1) is 11.8 Å². The first-order chi connectivity index (χ1) is 19.8. The number of methoxy groups -OCH3 is 1. The minimum absolute atomic E-state index is 0.0966. The maximum Gasteiger partial charge on any atom is 0.251 e. The predicted molar refractivity (Wildman–Crippen MR) is 160 cm³/mol. The first-order valence-corrected chi connectivity index (χ1v) is 15.0. The molecular weight excluding hydrogens is 538 g/mol. The first kappa shape index (κ1) is 27.6. The lowest BCUT2D eigenvalue weighted by Crippen LogP contribution is -2.57. The van der Waals surface area contributed by atoms with E-state index in [1.165, 1.54) is 0 Å². The molecule has 8 nitrogen and oxygen atoms in total. The van der Waals surface area contributed by atoms with Crippen LogP contribution < -0.4 is 14.5 Å². The van der Waals surface area contributed by atoms with E-state index < -0.39 is 28.7 Å². The highest BCUT2D eigenvalue weighted by Crippen LogP contribution is 2.61. The Balaban J connectivity index is 1.46. The highest BCUT2D eigenvalue weighted by Gasteiger charge is 2.72. The number of ether oxygens (including phenoxy) is 1. The molecule has 1 spiro atoms. The maximum atomic E-state index is 14.6. The summed E-state index contributed by atoms with van der Waals surface area (Å²) in [5, 5.41) is 10.2. The van der Waals surface area contributed by atoms with E-state index in [-0.39, 0.29) is 35.5 Å². The Morgan fingerprint density at radius 2 is 1.59 bits per heavy atom. The number of rotatable bonds is 6. The molecule has 6 atom stereocenters. The topological polar surface area (TPSA) is 90.4 Å². The monoisotopic (exact) mass is 573 g/mol. The number of anilines is 2. The lowest BCUT2D eigenvalue weighted by atomic mass is 9.78. The number of carbonyl (C=O) groups excluding carboxylic acids is 3. The lowest BCUT2D eigenvalue weighted by Gasteiger charge is -2.39. The molecule has 2 saturated heterocycles. The van der Waals surface area contributed by atoms with E-state index in [1.54, 1.807) is 33.6 Å². The summed E-state index contributed by atoms with van der Waals surface area (Å²) in [4.78, 5) is 48.5. The molecule has 3 amide bonds. The van der Waals surface area contributed by atoms with E-state index in [0.29, 0.717) is 24.5 Å². The fourth-order valence-corrected chi connectivity index (χ4v) is 8.88. The fraction of sp³-hybridized carbons (Fsp3) is 0.406. The van der Waals surface area contributed by atoms with Gasteiger partial charge in [0.15, 0.2) is 0 Å². The van der Waals surface area contributed by atoms with Crippen LogP contribution in [-0.2, 0) is 14.4 Å². The van der Waals surface area contributed by atoms with Crippen LogP contribution in [0.4, 0.5) is 11.4 Å². The molecule has 1 N–H and O–H groups in total. The summed E-state index contributed by atoms with van der Waals surface area (Å²) in [5.74, 6) is -1.37. The zero-order valence-electron chi connectivity index (χ0n) is 23.4. The van der Waals surface area contributed by atoms with Gasteiger partial charge in [0.2, 0.25) is 11.8 Å². The highest BCUT2D eigenvalue weighted by atomic mass is 32.2. The van der Waals surface area contributed by atoms with Gasteiger partial charge in [0.05, 0.1) is 36.3 Å². The smallest absolute Gasteiger partial charge is 0.251 e. The number of hydrogen-bond acceptors (Lipinski definition) is 6. The zero-order valence-corrected chi connectivity index (χ0v) is 24.2. The minimum Gasteiger partial charge on any atom is -0.497 e. The normalized spacial score (nSPS) is 29.8. The summed E-state index contributed by atoms with van der Waals surface area (Å²) in [5.41, 5.74) is 1.48. The Labute approximate surface area is 244 Å². The molecule has 0 aliphatic carbocycles. The van der Waals surface area contributed by atoms with Gasteiger partial charge in [0.1, 0.15) is 11.8 Å². The van der Waals surface area contributed by atoms with Crippen molar-refractivity contribution < 1.29 is 24.2 Å². The summed E-state index contributed by atoms with van der Waals surface area (Å²) in [7, 11) is 1.59. The number of amides is 3. The Morgan fingerprint density at radius 3 is 2.24 bits per heavy atom. The molecule has 2 aromatic rings. The quantitative estimate of drug-likeness (QED) is 0.532. The van der Waals surface area contributed by atoms with Crippen LogP contribution in [0.3, 0.4) is 0 Å². The van der Waals surface area contributed by atoms with Crippen LogP contribution in [0.25, 0.3) is 0 Å². The lowest BCUT2D eigenvalue weighted by molar-refractivity contribution is -0.142. The largest absolute Gasteiger partial charge is 0.497 e. The molecular formula is C32H35N3O5S. The van der Waals surface area contributed by atoms with Crippen molar-refractivity contribution in [2.24, 2.45) is 17.8 Å². The minimum atomic E-state index is -0.952. The van der Waals surface area contributed by atoms with E-state index in [4.69, 9.17) is 4.74 Å². The second-order valence-corrected chi connectivity index (χ2v) is 12.8. The van der Waals surface area contributed by atoms with Crippen molar-refractivity contribution in [2.45, 2.75) is 35.9 Å². The summed E-state index contributed by atoms with van der Waals surface area (Å²) in [6.45, 7) is 4.37. The Bertz CT molecular complexity index is 1390. The molecule has 41 heavy (non-hydrogen) atoms. The molecule has 1 unspecified atom stereocenters. The molecule has 4 aliphatic rings. The van der Waals surface area contributed by atoms with Crippen LogP contribution in [0, 0.1) is 17.8 Å². The SMILES string of the molecule is COc1ccc(N2CC=C[C@]34S[C@@H]5C=CCN(c6ccccc6)C(=O)[C@@H]5[C@H]3C(=O)N([C@@H](CO)C(C)C)C4C2=O)cc1. The third-order valence-electron chi connectivity index (χ3n) is 8.86. The molecule has 214 valence electrons. The molecule has 2 aromatic carbocycles. The van der Waals surface area contributed by atoms with Gasteiger partial charge in [-0.05, 0) is 42.3 Å². The molecule has 0 saturated carbocycles. The van der Waals surface area contributed by atoms with Gasteiger partial charge in [0.25, 0.3) is 5.91 Å². The van der Waals surface area contributed by atoms with Crippen LogP contribution in [0.1, 0.15) is 13.8 Å². The Morgan fingerprint density at radius 1 is 0.927 bits per heavy atom. The van der Waals surface area contributed by atoms with E-state index in [0.717, 1.165) is 5.69 Å². The van der Waals surface area contributed by atoms with Crippen molar-refractivity contribution in [3.63, 3.8) is 0 Å². The van der Waals surface area contributed by atoms with Crippen molar-refractivity contribution in [3.05, 3.63) is 78.9 Å². The number of benzene rings is 2. The third kappa shape index (κ3) is 4.28. The van der Waals surface area contributed by atoms with E-state index >= 15 is 0 Å². The number of thioether (sulfide) groups is 1. The van der Waals surface area contributed by atoms with Gasteiger partial charge < -0.3 is 24.5 Å². The molecule has 0 bridgehead atoms. The van der Waals surface area contributed by atoms with Crippen molar-refractivity contribution in [1.82, 2.24) is 4.90 Å². The maximum absolute atomic E-state index is 14.6. The molecule has 0 radical (unpaired) electrons. The van der Waals surface area contributed by atoms with Crippen LogP contribution in [0.15, 0.2) is 78.9 Å². The van der Waals surface area contributed by atoms with Crippen molar-refractivity contribution >= 4 is 40.9 Å². The zero-order chi connectivity index (χ0) is 28.9. The summed E-state index contributed by atoms with van der Waals surface area (Å²) in [6.07, 6.45) is 7.99. The molecule has 0 aromatic heterocycles. The Kier molecular flexibility index (Phi) is 7.20. The average Bonchev–Trinajstić information content (AvgIpc) is 3.29. The number of aliphatic hydroxyl groups excluding tert-OH is 1. The second-order valence-electron chi connectivity index (χ2n) is 11.3. The summed E-state index contributed by atoms with van der Waals surface area (Å²) < 4.78 is 4.36. The number of nitrogens with zero attached hydrogens (tertiary/aromatic N) is 3. The number of likely N-dealkylation sites (tertiary alicyclic amines) is 1. The van der Waals surface area contributed by atoms with Crippen molar-refractivity contribution in [2.75, 3.05) is 36.6 Å². The molecule has 9 heteroatoms. The van der Waals surface area contributed by atoms with Crippen LogP contribution >= 0.6 is 11.8 Å². The van der Waals surface area contributed by atoms with E-state index in [2.05, 4.69) is 0 Å². The summed E-state index contributed by atoms with van der Waals surface area (Å²) >= 11 is 1.55. The number of hydrogen-bond donors (Lipinski definition) is 1. The van der Waals surface area contributed by atoms with Gasteiger partial charge >= 0.3 is 0 Å². The van der Waals surface area contributed by atoms with Gasteiger partial charge in [-0.2, -0.15) is 0 Å². The van der Waals surface area contributed by atoms with Gasteiger partial charge in [0, 0.05) is 29.7 Å². The van der Waals surface area contributed by atoms with Crippen molar-refractivity contribution in [3.8, 4) is 5.75 Å². The highest BCUT2D eigenvalue weighted by molar-refractivity contribution is 8.02. The van der Waals surface area contributed by atoms with Gasteiger partial charge in [-0.3, -0.25) is 14.4 Å². The number of carbonyl (C=O) groups is 3. The second kappa shape index (κ2) is 10.7. The number of fused-ring (bicyclic) bond motifs is 2. The Hall–Kier alpha value is -3.56. The van der Waals surface area contributed by atoms with Gasteiger partial charge in [-0.1, -0.05) is 56.4 Å². The summed E-state index contributed by atoms with van der Waals surface area (Å²) in [6, 6.07) is 15.4. The average molecular weight is 574 g/mol. The molecule has 2 fully saturated rings. The fourth-order valence-electron chi connectivity index (χ4n) is 6.89. The standard InChI is InChI=1S/C32H35N3O5S/c1-20(2)24(19-36)35-28-31(39)34(22-12-14-23(40-3)15-13-22)18-8-16-32(28)27(30(35)38)26-25(41-32)11-7-17-33(29(26)37)21-9-5-4-6-10-21/h4-16,20,24-28,36H,17-19H2,1-3H3/t24-,25+,26-,27-,28?,32-/m0/s1. The first-order valence-electron chi connectivity index (χ1n) is 14.1. The van der Waals surface area contributed by atoms with E-state index in [9.17, 15) is 19.5 Å². The third-order valence-corrected chi connectivity index (χ3v) is 10.6. The number of para-hydroxylation sites is 1. The molecule has 4 aliphatic heterocycles. The predicted octanol–water partition coefficient (Wildman–Crippen LogP) is 3.52. The van der Waals surface area contributed by atoms with Crippen molar-refractivity contribution in [1.29, 1.82) is 0 Å².